The molecule has 0 radical (unpaired) electrons. The van der Waals surface area contributed by atoms with Gasteiger partial charge in [0.1, 0.15) is 11.6 Å². The molecular weight excluding hydrogens is 241 g/mol. The molecule has 2 aromatic rings. The summed E-state index contributed by atoms with van der Waals surface area (Å²) in [5.74, 6) is 0.776. The van der Waals surface area contributed by atoms with Crippen LogP contribution in [-0.2, 0) is 19.4 Å². The SMILES string of the molecule is CCn1ccnc1CC(C)(N)Cc1ccc(F)cc1. The molecular formula is C15H20FN3. The summed E-state index contributed by atoms with van der Waals surface area (Å²) in [6.07, 6.45) is 5.16. The van der Waals surface area contributed by atoms with Gasteiger partial charge in [-0.2, -0.15) is 0 Å². The van der Waals surface area contributed by atoms with Crippen LogP contribution < -0.4 is 5.73 Å². The summed E-state index contributed by atoms with van der Waals surface area (Å²) < 4.78 is 15.0. The van der Waals surface area contributed by atoms with Crippen LogP contribution in [0.2, 0.25) is 0 Å². The average Bonchev–Trinajstić information content (AvgIpc) is 2.78. The first-order valence-electron chi connectivity index (χ1n) is 6.53. The highest BCUT2D eigenvalue weighted by Crippen LogP contribution is 2.16. The smallest absolute Gasteiger partial charge is 0.123 e. The monoisotopic (exact) mass is 261 g/mol. The van der Waals surface area contributed by atoms with Crippen molar-refractivity contribution < 1.29 is 4.39 Å². The standard InChI is InChI=1S/C15H20FN3/c1-3-19-9-8-18-14(19)11-15(2,17)10-12-4-6-13(16)7-5-12/h4-9H,3,10-11,17H2,1-2H3. The number of benzene rings is 1. The summed E-state index contributed by atoms with van der Waals surface area (Å²) in [5, 5.41) is 0. The minimum absolute atomic E-state index is 0.219. The van der Waals surface area contributed by atoms with Crippen LogP contribution in [0.5, 0.6) is 0 Å². The lowest BCUT2D eigenvalue weighted by molar-refractivity contribution is 0.442. The van der Waals surface area contributed by atoms with E-state index in [2.05, 4.69) is 16.5 Å². The number of hydrogen-bond donors (Lipinski definition) is 1. The quantitative estimate of drug-likeness (QED) is 0.899. The van der Waals surface area contributed by atoms with Gasteiger partial charge in [-0.1, -0.05) is 12.1 Å². The largest absolute Gasteiger partial charge is 0.335 e. The molecule has 0 aliphatic heterocycles. The zero-order valence-corrected chi connectivity index (χ0v) is 11.4. The lowest BCUT2D eigenvalue weighted by atomic mass is 9.90. The van der Waals surface area contributed by atoms with E-state index in [4.69, 9.17) is 5.73 Å². The fourth-order valence-corrected chi connectivity index (χ4v) is 2.29. The molecule has 0 bridgehead atoms. The van der Waals surface area contributed by atoms with Gasteiger partial charge in [-0.15, -0.1) is 0 Å². The van der Waals surface area contributed by atoms with Crippen LogP contribution in [0.4, 0.5) is 4.39 Å². The molecule has 0 saturated heterocycles. The lowest BCUT2D eigenvalue weighted by Gasteiger charge is -2.24. The molecule has 1 aromatic carbocycles. The lowest BCUT2D eigenvalue weighted by Crippen LogP contribution is -2.41. The van der Waals surface area contributed by atoms with Crippen molar-refractivity contribution in [2.24, 2.45) is 5.73 Å². The van der Waals surface area contributed by atoms with Crippen molar-refractivity contribution in [1.82, 2.24) is 9.55 Å². The Labute approximate surface area is 113 Å². The molecule has 1 unspecified atom stereocenters. The number of aromatic nitrogens is 2. The second kappa shape index (κ2) is 5.53. The molecule has 1 atom stereocenters. The molecule has 19 heavy (non-hydrogen) atoms. The van der Waals surface area contributed by atoms with Crippen molar-refractivity contribution in [3.63, 3.8) is 0 Å². The molecule has 0 aliphatic carbocycles. The van der Waals surface area contributed by atoms with Crippen LogP contribution in [0, 0.1) is 5.82 Å². The molecule has 102 valence electrons. The maximum absolute atomic E-state index is 12.9. The Bertz CT molecular complexity index is 529. The van der Waals surface area contributed by atoms with Crippen molar-refractivity contribution in [2.75, 3.05) is 0 Å². The number of nitrogens with two attached hydrogens (primary N) is 1. The fraction of sp³-hybridized carbons (Fsp3) is 0.400. The van der Waals surface area contributed by atoms with Gasteiger partial charge in [-0.3, -0.25) is 0 Å². The molecule has 1 aromatic heterocycles. The van der Waals surface area contributed by atoms with E-state index in [0.717, 1.165) is 17.9 Å². The maximum atomic E-state index is 12.9. The highest BCUT2D eigenvalue weighted by molar-refractivity contribution is 5.19. The second-order valence-corrected chi connectivity index (χ2v) is 5.26. The number of hydrogen-bond acceptors (Lipinski definition) is 2. The number of aryl methyl sites for hydroxylation is 1. The van der Waals surface area contributed by atoms with E-state index < -0.39 is 5.54 Å². The average molecular weight is 261 g/mol. The van der Waals surface area contributed by atoms with E-state index in [1.54, 1.807) is 18.3 Å². The van der Waals surface area contributed by atoms with Crippen molar-refractivity contribution in [3.05, 3.63) is 53.9 Å². The minimum atomic E-state index is -0.393. The van der Waals surface area contributed by atoms with Crippen LogP contribution in [0.25, 0.3) is 0 Å². The van der Waals surface area contributed by atoms with Crippen molar-refractivity contribution in [3.8, 4) is 0 Å². The Morgan fingerprint density at radius 2 is 1.95 bits per heavy atom. The van der Waals surface area contributed by atoms with E-state index in [1.807, 2.05) is 13.1 Å². The van der Waals surface area contributed by atoms with E-state index in [9.17, 15) is 4.39 Å². The molecule has 0 saturated carbocycles. The van der Waals surface area contributed by atoms with Gasteiger partial charge < -0.3 is 10.3 Å². The topological polar surface area (TPSA) is 43.8 Å². The highest BCUT2D eigenvalue weighted by Gasteiger charge is 2.22. The first-order valence-corrected chi connectivity index (χ1v) is 6.53. The van der Waals surface area contributed by atoms with Crippen molar-refractivity contribution in [1.29, 1.82) is 0 Å². The third-order valence-electron chi connectivity index (χ3n) is 3.23. The zero-order chi connectivity index (χ0) is 13.9. The van der Waals surface area contributed by atoms with Gasteiger partial charge in [-0.25, -0.2) is 9.37 Å². The van der Waals surface area contributed by atoms with Crippen LogP contribution in [0.1, 0.15) is 25.2 Å². The minimum Gasteiger partial charge on any atom is -0.335 e. The molecule has 2 N–H and O–H groups in total. The number of rotatable bonds is 5. The molecule has 0 spiro atoms. The van der Waals surface area contributed by atoms with Gasteiger partial charge in [0.15, 0.2) is 0 Å². The summed E-state index contributed by atoms with van der Waals surface area (Å²) in [6, 6.07) is 6.51. The number of nitrogens with zero attached hydrogens (tertiary/aromatic N) is 2. The number of imidazole rings is 1. The van der Waals surface area contributed by atoms with E-state index in [-0.39, 0.29) is 5.82 Å². The summed E-state index contributed by atoms with van der Waals surface area (Å²) in [7, 11) is 0. The summed E-state index contributed by atoms with van der Waals surface area (Å²) >= 11 is 0. The third kappa shape index (κ3) is 3.64. The van der Waals surface area contributed by atoms with Gasteiger partial charge in [0.25, 0.3) is 0 Å². The van der Waals surface area contributed by atoms with Crippen LogP contribution >= 0.6 is 0 Å². The van der Waals surface area contributed by atoms with Crippen molar-refractivity contribution >= 4 is 0 Å². The predicted octanol–water partition coefficient (Wildman–Crippen LogP) is 2.54. The molecule has 1 heterocycles. The Hall–Kier alpha value is -1.68. The van der Waals surface area contributed by atoms with E-state index in [0.29, 0.717) is 12.8 Å². The Morgan fingerprint density at radius 3 is 2.58 bits per heavy atom. The van der Waals surface area contributed by atoms with Crippen LogP contribution in [0.15, 0.2) is 36.7 Å². The molecule has 4 heteroatoms. The Morgan fingerprint density at radius 1 is 1.26 bits per heavy atom. The molecule has 0 aliphatic rings. The van der Waals surface area contributed by atoms with Gasteiger partial charge >= 0.3 is 0 Å². The van der Waals surface area contributed by atoms with Crippen molar-refractivity contribution in [2.45, 2.75) is 38.8 Å². The Kier molecular flexibility index (Phi) is 4.00. The van der Waals surface area contributed by atoms with Crippen LogP contribution in [-0.4, -0.2) is 15.1 Å². The van der Waals surface area contributed by atoms with Gasteiger partial charge in [-0.05, 0) is 38.0 Å². The van der Waals surface area contributed by atoms with Gasteiger partial charge in [0.05, 0.1) is 0 Å². The molecule has 0 fully saturated rings. The first-order chi connectivity index (χ1) is 9.00. The summed E-state index contributed by atoms with van der Waals surface area (Å²) in [5.41, 5.74) is 7.00. The number of halogens is 1. The van der Waals surface area contributed by atoms with E-state index in [1.165, 1.54) is 12.1 Å². The molecule has 0 amide bonds. The van der Waals surface area contributed by atoms with Gasteiger partial charge in [0, 0.05) is 30.9 Å². The predicted molar refractivity (Wildman–Crippen MR) is 74.3 cm³/mol. The van der Waals surface area contributed by atoms with E-state index >= 15 is 0 Å². The maximum Gasteiger partial charge on any atom is 0.123 e. The Balaban J connectivity index is 2.08. The second-order valence-electron chi connectivity index (χ2n) is 5.26. The highest BCUT2D eigenvalue weighted by atomic mass is 19.1. The third-order valence-corrected chi connectivity index (χ3v) is 3.23. The summed E-state index contributed by atoms with van der Waals surface area (Å²) in [4.78, 5) is 4.35. The molecule has 2 rings (SSSR count). The zero-order valence-electron chi connectivity index (χ0n) is 11.4. The normalized spacial score (nSPS) is 14.3. The fourth-order valence-electron chi connectivity index (χ4n) is 2.29. The first kappa shape index (κ1) is 13.7. The van der Waals surface area contributed by atoms with Gasteiger partial charge in [0.2, 0.25) is 0 Å². The summed E-state index contributed by atoms with van der Waals surface area (Å²) in [6.45, 7) is 4.98. The molecule has 3 nitrogen and oxygen atoms in total. The van der Waals surface area contributed by atoms with Crippen LogP contribution in [0.3, 0.4) is 0 Å².